The fourth-order valence-corrected chi connectivity index (χ4v) is 3.74. The van der Waals surface area contributed by atoms with Crippen molar-refractivity contribution in [3.05, 3.63) is 83.9 Å². The van der Waals surface area contributed by atoms with Crippen LogP contribution < -0.4 is 0 Å². The Kier molecular flexibility index (Phi) is 7.23. The number of aliphatic hydroxyl groups is 1. The number of hydrogen-bond donors (Lipinski definition) is 1. The number of allylic oxidation sites excluding steroid dienone is 1. The molecule has 2 aromatic rings. The van der Waals surface area contributed by atoms with Gasteiger partial charge >= 0.3 is 5.97 Å². The molecule has 1 fully saturated rings. The van der Waals surface area contributed by atoms with Crippen molar-refractivity contribution in [3.8, 4) is 0 Å². The minimum atomic E-state index is -1.20. The molecule has 0 bridgehead atoms. The summed E-state index contributed by atoms with van der Waals surface area (Å²) in [5, 5.41) is 10.1. The lowest BCUT2D eigenvalue weighted by Crippen LogP contribution is -2.32. The summed E-state index contributed by atoms with van der Waals surface area (Å²) in [4.78, 5) is 12.3. The largest absolute Gasteiger partial charge is 0.460 e. The predicted octanol–water partition coefficient (Wildman–Crippen LogP) is 4.81. The summed E-state index contributed by atoms with van der Waals surface area (Å²) >= 11 is 0. The zero-order chi connectivity index (χ0) is 18.9. The van der Waals surface area contributed by atoms with Crippen molar-refractivity contribution < 1.29 is 14.6 Å². The van der Waals surface area contributed by atoms with Gasteiger partial charge in [0.15, 0.2) is 6.10 Å². The highest BCUT2D eigenvalue weighted by molar-refractivity contribution is 5.76. The number of rotatable bonds is 7. The number of benzene rings is 2. The highest BCUT2D eigenvalue weighted by atomic mass is 16.6. The van der Waals surface area contributed by atoms with Gasteiger partial charge in [0.05, 0.1) is 0 Å². The predicted molar refractivity (Wildman–Crippen MR) is 107 cm³/mol. The maximum absolute atomic E-state index is 12.3. The van der Waals surface area contributed by atoms with Gasteiger partial charge in [0.25, 0.3) is 0 Å². The van der Waals surface area contributed by atoms with Crippen molar-refractivity contribution in [3.63, 3.8) is 0 Å². The second-order valence-electron chi connectivity index (χ2n) is 7.17. The average molecular weight is 364 g/mol. The molecule has 0 radical (unpaired) electrons. The van der Waals surface area contributed by atoms with Gasteiger partial charge in [-0.1, -0.05) is 73.2 Å². The zero-order valence-corrected chi connectivity index (χ0v) is 15.7. The first-order chi connectivity index (χ1) is 13.2. The van der Waals surface area contributed by atoms with Gasteiger partial charge in [0.2, 0.25) is 0 Å². The molecule has 2 aromatic carbocycles. The Labute approximate surface area is 161 Å². The van der Waals surface area contributed by atoms with Crippen molar-refractivity contribution in [2.45, 2.75) is 56.7 Å². The molecule has 0 spiro atoms. The SMILES string of the molecule is O=C(OC1CCCCC1c1ccccc1)[C@H](O)C=CCCc1ccccc1. The van der Waals surface area contributed by atoms with Gasteiger partial charge < -0.3 is 9.84 Å². The van der Waals surface area contributed by atoms with Crippen molar-refractivity contribution in [2.75, 3.05) is 0 Å². The summed E-state index contributed by atoms with van der Waals surface area (Å²) in [7, 11) is 0. The van der Waals surface area contributed by atoms with Crippen molar-refractivity contribution in [1.29, 1.82) is 0 Å². The lowest BCUT2D eigenvalue weighted by atomic mass is 9.81. The molecule has 1 N–H and O–H groups in total. The molecule has 2 unspecified atom stereocenters. The summed E-state index contributed by atoms with van der Waals surface area (Å²) < 4.78 is 5.70. The molecular formula is C24H28O3. The molecule has 0 aromatic heterocycles. The number of aryl methyl sites for hydroxylation is 1. The van der Waals surface area contributed by atoms with Crippen LogP contribution >= 0.6 is 0 Å². The minimum Gasteiger partial charge on any atom is -0.460 e. The molecular weight excluding hydrogens is 336 g/mol. The number of hydrogen-bond acceptors (Lipinski definition) is 3. The summed E-state index contributed by atoms with van der Waals surface area (Å²) in [6, 6.07) is 20.4. The van der Waals surface area contributed by atoms with Gasteiger partial charge in [-0.2, -0.15) is 0 Å². The van der Waals surface area contributed by atoms with Crippen LogP contribution in [0.15, 0.2) is 72.8 Å². The molecule has 1 aliphatic rings. The van der Waals surface area contributed by atoms with Crippen molar-refractivity contribution in [2.24, 2.45) is 0 Å². The molecule has 3 rings (SSSR count). The van der Waals surface area contributed by atoms with Crippen LogP contribution in [0.5, 0.6) is 0 Å². The molecule has 0 aliphatic heterocycles. The van der Waals surface area contributed by atoms with Gasteiger partial charge in [-0.25, -0.2) is 4.79 Å². The first kappa shape index (κ1) is 19.4. The maximum atomic E-state index is 12.3. The van der Waals surface area contributed by atoms with Gasteiger partial charge in [0, 0.05) is 5.92 Å². The molecule has 3 atom stereocenters. The molecule has 0 amide bonds. The average Bonchev–Trinajstić information content (AvgIpc) is 2.73. The summed E-state index contributed by atoms with van der Waals surface area (Å²) in [6.07, 6.45) is 7.81. The summed E-state index contributed by atoms with van der Waals surface area (Å²) in [5.74, 6) is -0.322. The Hall–Kier alpha value is -2.39. The Balaban J connectivity index is 1.51. The van der Waals surface area contributed by atoms with E-state index in [4.69, 9.17) is 4.74 Å². The van der Waals surface area contributed by atoms with Crippen LogP contribution in [0.25, 0.3) is 0 Å². The summed E-state index contributed by atoms with van der Waals surface area (Å²) in [5.41, 5.74) is 2.45. The van der Waals surface area contributed by atoms with Gasteiger partial charge in [-0.3, -0.25) is 0 Å². The zero-order valence-electron chi connectivity index (χ0n) is 15.7. The van der Waals surface area contributed by atoms with E-state index in [-0.39, 0.29) is 12.0 Å². The van der Waals surface area contributed by atoms with E-state index >= 15 is 0 Å². The van der Waals surface area contributed by atoms with Crippen LogP contribution in [0.2, 0.25) is 0 Å². The number of esters is 1. The smallest absolute Gasteiger partial charge is 0.339 e. The van der Waals surface area contributed by atoms with Crippen LogP contribution in [-0.4, -0.2) is 23.3 Å². The highest BCUT2D eigenvalue weighted by Crippen LogP contribution is 2.35. The second kappa shape index (κ2) is 10.1. The Bertz CT molecular complexity index is 724. The standard InChI is InChI=1S/C24H28O3/c25-22(17-9-7-13-19-11-3-1-4-12-19)24(26)27-23-18-10-8-16-21(23)20-14-5-2-6-15-20/h1-6,9,11-12,14-15,17,21-23,25H,7-8,10,13,16,18H2/t21?,22-,23?/m1/s1. The van der Waals surface area contributed by atoms with Crippen LogP contribution in [-0.2, 0) is 16.0 Å². The van der Waals surface area contributed by atoms with E-state index in [2.05, 4.69) is 24.3 Å². The van der Waals surface area contributed by atoms with Gasteiger partial charge in [-0.05, 0) is 49.3 Å². The third-order valence-corrected chi connectivity index (χ3v) is 5.20. The van der Waals surface area contributed by atoms with Gasteiger partial charge in [-0.15, -0.1) is 0 Å². The summed E-state index contributed by atoms with van der Waals surface area (Å²) in [6.45, 7) is 0. The van der Waals surface area contributed by atoms with E-state index in [1.54, 1.807) is 6.08 Å². The van der Waals surface area contributed by atoms with Crippen LogP contribution in [0.4, 0.5) is 0 Å². The van der Waals surface area contributed by atoms with E-state index in [1.807, 2.05) is 42.5 Å². The number of aliphatic hydroxyl groups excluding tert-OH is 1. The molecule has 0 heterocycles. The van der Waals surface area contributed by atoms with Crippen molar-refractivity contribution >= 4 is 5.97 Å². The Morgan fingerprint density at radius 3 is 2.44 bits per heavy atom. The quantitative estimate of drug-likeness (QED) is 0.567. The molecule has 27 heavy (non-hydrogen) atoms. The lowest BCUT2D eigenvalue weighted by Gasteiger charge is -2.31. The molecule has 1 aliphatic carbocycles. The molecule has 3 heteroatoms. The number of carbonyl (C=O) groups excluding carboxylic acids is 1. The fraction of sp³-hybridized carbons (Fsp3) is 0.375. The third-order valence-electron chi connectivity index (χ3n) is 5.20. The number of carbonyl (C=O) groups is 1. The minimum absolute atomic E-state index is 0.152. The lowest BCUT2D eigenvalue weighted by molar-refractivity contribution is -0.159. The maximum Gasteiger partial charge on any atom is 0.339 e. The highest BCUT2D eigenvalue weighted by Gasteiger charge is 2.30. The first-order valence-electron chi connectivity index (χ1n) is 9.88. The molecule has 142 valence electrons. The van der Waals surface area contributed by atoms with Gasteiger partial charge in [0.1, 0.15) is 6.10 Å². The first-order valence-corrected chi connectivity index (χ1v) is 9.88. The Morgan fingerprint density at radius 1 is 1.04 bits per heavy atom. The fourth-order valence-electron chi connectivity index (χ4n) is 3.74. The van der Waals surface area contributed by atoms with Crippen LogP contribution in [0, 0.1) is 0 Å². The molecule has 1 saturated carbocycles. The van der Waals surface area contributed by atoms with E-state index in [0.717, 1.165) is 38.5 Å². The Morgan fingerprint density at radius 2 is 1.70 bits per heavy atom. The molecule has 0 saturated heterocycles. The second-order valence-corrected chi connectivity index (χ2v) is 7.17. The van der Waals surface area contributed by atoms with Crippen LogP contribution in [0.3, 0.4) is 0 Å². The van der Waals surface area contributed by atoms with Crippen molar-refractivity contribution in [1.82, 2.24) is 0 Å². The number of ether oxygens (including phenoxy) is 1. The molecule has 3 nitrogen and oxygen atoms in total. The monoisotopic (exact) mass is 364 g/mol. The van der Waals surface area contributed by atoms with Crippen LogP contribution in [0.1, 0.15) is 49.1 Å². The topological polar surface area (TPSA) is 46.5 Å². The van der Waals surface area contributed by atoms with E-state index < -0.39 is 12.1 Å². The van der Waals surface area contributed by atoms with E-state index in [9.17, 15) is 9.90 Å². The third kappa shape index (κ3) is 5.80. The van der Waals surface area contributed by atoms with E-state index in [0.29, 0.717) is 0 Å². The normalized spacial score (nSPS) is 21.1. The van der Waals surface area contributed by atoms with E-state index in [1.165, 1.54) is 11.1 Å².